The van der Waals surface area contributed by atoms with E-state index in [4.69, 9.17) is 4.74 Å². The van der Waals surface area contributed by atoms with E-state index in [1.807, 2.05) is 12.1 Å². The lowest BCUT2D eigenvalue weighted by molar-refractivity contribution is -0.153. The zero-order valence-electron chi connectivity index (χ0n) is 16.3. The van der Waals surface area contributed by atoms with Gasteiger partial charge in [-0.2, -0.15) is 0 Å². The first kappa shape index (κ1) is 21.6. The maximum atomic E-state index is 12.1. The molecule has 1 saturated carbocycles. The molecule has 1 aliphatic carbocycles. The molecule has 3 nitrogen and oxygen atoms in total. The summed E-state index contributed by atoms with van der Waals surface area (Å²) in [7, 11) is 0. The number of esters is 1. The molecular formula is C22H32F2O3. The van der Waals surface area contributed by atoms with E-state index in [-0.39, 0.29) is 5.92 Å². The van der Waals surface area contributed by atoms with Gasteiger partial charge in [0.25, 0.3) is 6.43 Å². The summed E-state index contributed by atoms with van der Waals surface area (Å²) >= 11 is 0. The second-order valence-electron chi connectivity index (χ2n) is 7.40. The summed E-state index contributed by atoms with van der Waals surface area (Å²) in [6.07, 6.45) is 6.69. The first-order chi connectivity index (χ1) is 13.1. The second-order valence-corrected chi connectivity index (χ2v) is 7.40. The number of alkyl halides is 2. The van der Waals surface area contributed by atoms with E-state index in [1.54, 1.807) is 0 Å². The summed E-state index contributed by atoms with van der Waals surface area (Å²) in [6, 6.07) is 8.24. The molecule has 0 heterocycles. The van der Waals surface area contributed by atoms with E-state index in [0.29, 0.717) is 18.8 Å². The van der Waals surface area contributed by atoms with Crippen LogP contribution in [0.4, 0.5) is 8.78 Å². The molecule has 0 atom stereocenters. The van der Waals surface area contributed by atoms with Crippen LogP contribution >= 0.6 is 0 Å². The van der Waals surface area contributed by atoms with Crippen molar-refractivity contribution in [2.24, 2.45) is 5.92 Å². The third-order valence-electron chi connectivity index (χ3n) is 5.28. The van der Waals surface area contributed by atoms with Crippen LogP contribution in [-0.4, -0.2) is 25.6 Å². The Morgan fingerprint density at radius 1 is 1.04 bits per heavy atom. The molecule has 1 aromatic rings. The van der Waals surface area contributed by atoms with Gasteiger partial charge in [0.15, 0.2) is 6.61 Å². The number of benzene rings is 1. The zero-order chi connectivity index (χ0) is 19.5. The summed E-state index contributed by atoms with van der Waals surface area (Å²) < 4.78 is 34.7. The molecule has 0 amide bonds. The highest BCUT2D eigenvalue weighted by Crippen LogP contribution is 2.36. The number of unbranched alkanes of at least 4 members (excludes halogenated alkanes) is 4. The van der Waals surface area contributed by atoms with Crippen LogP contribution in [0.2, 0.25) is 0 Å². The lowest BCUT2D eigenvalue weighted by atomic mass is 9.79. The topological polar surface area (TPSA) is 35.5 Å². The number of carbonyl (C=O) groups is 1. The fraction of sp³-hybridized carbons (Fsp3) is 0.682. The third-order valence-corrected chi connectivity index (χ3v) is 5.28. The Morgan fingerprint density at radius 3 is 2.33 bits per heavy atom. The minimum atomic E-state index is -2.60. The van der Waals surface area contributed by atoms with Crippen molar-refractivity contribution in [1.29, 1.82) is 0 Å². The Balaban J connectivity index is 1.69. The molecule has 0 radical (unpaired) electrons. The van der Waals surface area contributed by atoms with Crippen molar-refractivity contribution < 1.29 is 23.0 Å². The van der Waals surface area contributed by atoms with Gasteiger partial charge in [-0.25, -0.2) is 8.78 Å². The zero-order valence-corrected chi connectivity index (χ0v) is 16.3. The molecule has 0 unspecified atom stereocenters. The number of rotatable bonds is 11. The molecule has 0 aliphatic heterocycles. The Kier molecular flexibility index (Phi) is 9.57. The molecule has 1 aliphatic rings. The third kappa shape index (κ3) is 7.86. The predicted molar refractivity (Wildman–Crippen MR) is 102 cm³/mol. The van der Waals surface area contributed by atoms with Crippen LogP contribution in [-0.2, 0) is 9.53 Å². The van der Waals surface area contributed by atoms with E-state index in [0.717, 1.165) is 31.6 Å². The van der Waals surface area contributed by atoms with Gasteiger partial charge in [0.1, 0.15) is 5.75 Å². The van der Waals surface area contributed by atoms with Crippen molar-refractivity contribution in [3.8, 4) is 5.75 Å². The molecule has 1 aromatic carbocycles. The van der Waals surface area contributed by atoms with Crippen molar-refractivity contribution in [2.45, 2.75) is 77.1 Å². The van der Waals surface area contributed by atoms with E-state index in [9.17, 15) is 13.6 Å². The van der Waals surface area contributed by atoms with Crippen LogP contribution in [0.5, 0.6) is 5.75 Å². The summed E-state index contributed by atoms with van der Waals surface area (Å²) in [5.41, 5.74) is 1.25. The average Bonchev–Trinajstić information content (AvgIpc) is 2.69. The first-order valence-corrected chi connectivity index (χ1v) is 10.3. The number of halogens is 2. The first-order valence-electron chi connectivity index (χ1n) is 10.3. The fourth-order valence-electron chi connectivity index (χ4n) is 3.66. The highest BCUT2D eigenvalue weighted by atomic mass is 19.3. The van der Waals surface area contributed by atoms with E-state index >= 15 is 0 Å². The summed E-state index contributed by atoms with van der Waals surface area (Å²) in [4.78, 5) is 11.8. The SMILES string of the molecule is CCCCCCCOc1ccc(C2CCC(C(=O)OCC(F)F)CC2)cc1. The van der Waals surface area contributed by atoms with Gasteiger partial charge in [0, 0.05) is 0 Å². The van der Waals surface area contributed by atoms with Gasteiger partial charge in [-0.3, -0.25) is 4.79 Å². The summed E-state index contributed by atoms with van der Waals surface area (Å²) in [5, 5.41) is 0. The van der Waals surface area contributed by atoms with Gasteiger partial charge < -0.3 is 9.47 Å². The van der Waals surface area contributed by atoms with Crippen LogP contribution in [0.25, 0.3) is 0 Å². The van der Waals surface area contributed by atoms with Gasteiger partial charge in [-0.1, -0.05) is 44.7 Å². The second kappa shape index (κ2) is 11.9. The maximum absolute atomic E-state index is 12.1. The molecule has 0 saturated heterocycles. The summed E-state index contributed by atoms with van der Waals surface area (Å²) in [6.45, 7) is 2.18. The summed E-state index contributed by atoms with van der Waals surface area (Å²) in [5.74, 6) is 0.595. The van der Waals surface area contributed by atoms with Crippen molar-refractivity contribution in [3.63, 3.8) is 0 Å². The minimum absolute atomic E-state index is 0.240. The Morgan fingerprint density at radius 2 is 1.70 bits per heavy atom. The molecule has 0 N–H and O–H groups in total. The molecule has 0 bridgehead atoms. The standard InChI is InChI=1S/C22H32F2O3/c1-2-3-4-5-6-15-26-20-13-11-18(12-14-20)17-7-9-19(10-8-17)22(25)27-16-21(23)24/h11-14,17,19,21H,2-10,15-16H2,1H3. The molecule has 5 heteroatoms. The van der Waals surface area contributed by atoms with Crippen LogP contribution in [0.15, 0.2) is 24.3 Å². The van der Waals surface area contributed by atoms with Crippen LogP contribution in [0.3, 0.4) is 0 Å². The number of carbonyl (C=O) groups excluding carboxylic acids is 1. The van der Waals surface area contributed by atoms with Gasteiger partial charge in [0.05, 0.1) is 12.5 Å². The maximum Gasteiger partial charge on any atom is 0.309 e. The van der Waals surface area contributed by atoms with E-state index in [1.165, 1.54) is 31.2 Å². The van der Waals surface area contributed by atoms with E-state index in [2.05, 4.69) is 23.8 Å². The average molecular weight is 382 g/mol. The largest absolute Gasteiger partial charge is 0.494 e. The quantitative estimate of drug-likeness (QED) is 0.342. The number of hydrogen-bond acceptors (Lipinski definition) is 3. The van der Waals surface area contributed by atoms with Gasteiger partial charge in [-0.15, -0.1) is 0 Å². The Bertz CT molecular complexity index is 537. The lowest BCUT2D eigenvalue weighted by Gasteiger charge is -2.27. The molecular weight excluding hydrogens is 350 g/mol. The highest BCUT2D eigenvalue weighted by molar-refractivity contribution is 5.72. The number of hydrogen-bond donors (Lipinski definition) is 0. The van der Waals surface area contributed by atoms with Gasteiger partial charge in [-0.05, 0) is 55.7 Å². The fourth-order valence-corrected chi connectivity index (χ4v) is 3.66. The Labute approximate surface area is 161 Å². The molecule has 27 heavy (non-hydrogen) atoms. The number of ether oxygens (including phenoxy) is 2. The van der Waals surface area contributed by atoms with Crippen LogP contribution in [0.1, 0.15) is 76.2 Å². The van der Waals surface area contributed by atoms with Crippen molar-refractivity contribution in [1.82, 2.24) is 0 Å². The van der Waals surface area contributed by atoms with Crippen molar-refractivity contribution in [2.75, 3.05) is 13.2 Å². The minimum Gasteiger partial charge on any atom is -0.494 e. The van der Waals surface area contributed by atoms with Gasteiger partial charge >= 0.3 is 5.97 Å². The lowest BCUT2D eigenvalue weighted by Crippen LogP contribution is -2.24. The highest BCUT2D eigenvalue weighted by Gasteiger charge is 2.28. The molecule has 0 spiro atoms. The van der Waals surface area contributed by atoms with E-state index < -0.39 is 19.0 Å². The van der Waals surface area contributed by atoms with Crippen LogP contribution in [0, 0.1) is 5.92 Å². The molecule has 0 aromatic heterocycles. The van der Waals surface area contributed by atoms with Gasteiger partial charge in [0.2, 0.25) is 0 Å². The van der Waals surface area contributed by atoms with Crippen molar-refractivity contribution in [3.05, 3.63) is 29.8 Å². The molecule has 1 fully saturated rings. The van der Waals surface area contributed by atoms with Crippen molar-refractivity contribution >= 4 is 5.97 Å². The van der Waals surface area contributed by atoms with Crippen LogP contribution < -0.4 is 4.74 Å². The monoisotopic (exact) mass is 382 g/mol. The predicted octanol–water partition coefficient (Wildman–Crippen LogP) is 6.12. The smallest absolute Gasteiger partial charge is 0.309 e. The normalized spacial score (nSPS) is 19.9. The molecule has 152 valence electrons. The molecule has 2 rings (SSSR count). The Hall–Kier alpha value is -1.65.